The Hall–Kier alpha value is -1.32. The predicted molar refractivity (Wildman–Crippen MR) is 193 cm³/mol. The van der Waals surface area contributed by atoms with Crippen LogP contribution in [-0.2, 0) is 19.1 Å². The third kappa shape index (κ3) is 5.72. The summed E-state index contributed by atoms with van der Waals surface area (Å²) in [5, 5.41) is 0. The largest absolute Gasteiger partial charge is 0.459 e. The van der Waals surface area contributed by atoms with Crippen LogP contribution in [0.25, 0.3) is 0 Å². The zero-order chi connectivity index (χ0) is 33.3. The fourth-order valence-electron chi connectivity index (χ4n) is 15.5. The average molecular weight is 673 g/mol. The molecule has 13 unspecified atom stereocenters. The van der Waals surface area contributed by atoms with E-state index in [2.05, 4.69) is 26.0 Å². The molecular weight excluding hydrogens is 604 g/mol. The molecule has 0 saturated heterocycles. The monoisotopic (exact) mass is 673 g/mol. The van der Waals surface area contributed by atoms with Crippen LogP contribution in [-0.4, -0.2) is 23.1 Å². The van der Waals surface area contributed by atoms with Crippen LogP contribution in [0, 0.1) is 82.9 Å². The van der Waals surface area contributed by atoms with Crippen molar-refractivity contribution in [3.8, 4) is 0 Å². The summed E-state index contributed by atoms with van der Waals surface area (Å²) in [4.78, 5) is 26.3. The minimum absolute atomic E-state index is 0.0562. The molecule has 0 radical (unpaired) electrons. The first-order valence-electron chi connectivity index (χ1n) is 22.0. The maximum absolute atomic E-state index is 13.5. The highest BCUT2D eigenvalue weighted by molar-refractivity contribution is 5.75. The normalized spacial score (nSPS) is 47.7. The summed E-state index contributed by atoms with van der Waals surface area (Å²) < 4.78 is 12.9. The van der Waals surface area contributed by atoms with E-state index in [1.54, 1.807) is 0 Å². The first-order valence-corrected chi connectivity index (χ1v) is 22.0. The van der Waals surface area contributed by atoms with E-state index in [0.717, 1.165) is 85.9 Å². The van der Waals surface area contributed by atoms with E-state index in [-0.39, 0.29) is 35.0 Å². The number of ether oxygens (including phenoxy) is 2. The summed E-state index contributed by atoms with van der Waals surface area (Å²) in [5.41, 5.74) is -0.311. The van der Waals surface area contributed by atoms with Crippen molar-refractivity contribution in [1.29, 1.82) is 0 Å². The molecule has 13 atom stereocenters. The molecule has 0 amide bonds. The van der Waals surface area contributed by atoms with Crippen LogP contribution in [0.3, 0.4) is 0 Å². The molecule has 0 aromatic carbocycles. The Morgan fingerprint density at radius 1 is 0.571 bits per heavy atom. The van der Waals surface area contributed by atoms with Crippen LogP contribution in [0.2, 0.25) is 0 Å². The van der Waals surface area contributed by atoms with Gasteiger partial charge in [-0.15, -0.1) is 0 Å². The molecule has 10 rings (SSSR count). The average Bonchev–Trinajstić information content (AvgIpc) is 3.99. The minimum atomic E-state index is -0.255. The number of carbonyl (C=O) groups is 2. The molecule has 0 spiro atoms. The lowest BCUT2D eigenvalue weighted by Crippen LogP contribution is -2.45. The lowest BCUT2D eigenvalue weighted by atomic mass is 9.62. The van der Waals surface area contributed by atoms with Crippen molar-refractivity contribution in [3.63, 3.8) is 0 Å². The standard InChI is InChI=1S/C26H38O2.C19H30O2/c1-15-16(2)20-14-19(15)23-17-12-21(24(20)23)22(13-17)25(27)28-26(10-6-7-11-26)18-8-4-3-5-9-18;20-18(17-13-14-8-9-15(17)12-14)21-19(10-4-5-11-19)16-6-2-1-3-7-16/h6,10,15-24H,3-5,7-9,11-14H2,1-2H3;14-17H,1-13H2. The maximum atomic E-state index is 13.5. The van der Waals surface area contributed by atoms with E-state index in [1.165, 1.54) is 109 Å². The zero-order valence-corrected chi connectivity index (χ0v) is 31.1. The first-order chi connectivity index (χ1) is 23.9. The van der Waals surface area contributed by atoms with Crippen molar-refractivity contribution >= 4 is 11.9 Å². The van der Waals surface area contributed by atoms with E-state index in [1.807, 2.05) is 0 Å². The summed E-state index contributed by atoms with van der Waals surface area (Å²) in [6, 6.07) is 0. The molecule has 0 N–H and O–H groups in total. The molecule has 9 saturated carbocycles. The van der Waals surface area contributed by atoms with Crippen LogP contribution in [0.4, 0.5) is 0 Å². The van der Waals surface area contributed by atoms with Gasteiger partial charge in [0.2, 0.25) is 0 Å². The Morgan fingerprint density at radius 3 is 1.88 bits per heavy atom. The first kappa shape index (κ1) is 33.5. The molecular formula is C45H68O4. The van der Waals surface area contributed by atoms with Gasteiger partial charge in [-0.25, -0.2) is 0 Å². The Labute approximate surface area is 298 Å². The van der Waals surface area contributed by atoms with Crippen LogP contribution in [0.1, 0.15) is 162 Å². The second-order valence-corrected chi connectivity index (χ2v) is 19.9. The zero-order valence-electron chi connectivity index (χ0n) is 31.1. The van der Waals surface area contributed by atoms with Gasteiger partial charge in [0.05, 0.1) is 11.8 Å². The Kier molecular flexibility index (Phi) is 9.07. The Bertz CT molecular complexity index is 1250. The van der Waals surface area contributed by atoms with Crippen molar-refractivity contribution < 1.29 is 19.1 Å². The molecule has 0 heterocycles. The summed E-state index contributed by atoms with van der Waals surface area (Å²) >= 11 is 0. The second-order valence-electron chi connectivity index (χ2n) is 19.9. The van der Waals surface area contributed by atoms with Crippen molar-refractivity contribution in [1.82, 2.24) is 0 Å². The number of rotatable bonds is 6. The number of hydrogen-bond acceptors (Lipinski definition) is 4. The number of esters is 2. The molecule has 4 nitrogen and oxygen atoms in total. The summed E-state index contributed by atoms with van der Waals surface area (Å²) in [5.74, 6) is 10.5. The highest BCUT2D eigenvalue weighted by Crippen LogP contribution is 2.71. The predicted octanol–water partition coefficient (Wildman–Crippen LogP) is 10.9. The van der Waals surface area contributed by atoms with Crippen LogP contribution in [0.5, 0.6) is 0 Å². The van der Waals surface area contributed by atoms with Crippen molar-refractivity contribution in [2.45, 2.75) is 173 Å². The number of fused-ring (bicyclic) bond motifs is 11. The van der Waals surface area contributed by atoms with Crippen LogP contribution < -0.4 is 0 Å². The topological polar surface area (TPSA) is 52.6 Å². The third-order valence-electron chi connectivity index (χ3n) is 18.0. The molecule has 0 aromatic heterocycles. The number of hydrogen-bond donors (Lipinski definition) is 0. The fourth-order valence-corrected chi connectivity index (χ4v) is 15.5. The van der Waals surface area contributed by atoms with E-state index < -0.39 is 0 Å². The Balaban J connectivity index is 0.000000138. The summed E-state index contributed by atoms with van der Waals surface area (Å²) in [7, 11) is 0. The molecule has 10 aliphatic rings. The van der Waals surface area contributed by atoms with Gasteiger partial charge >= 0.3 is 11.9 Å². The van der Waals surface area contributed by atoms with Gasteiger partial charge in [0, 0.05) is 5.92 Å². The molecule has 10 aliphatic carbocycles. The van der Waals surface area contributed by atoms with E-state index in [9.17, 15) is 9.59 Å². The number of allylic oxidation sites excluding steroid dienone is 1. The molecule has 272 valence electrons. The van der Waals surface area contributed by atoms with Crippen molar-refractivity contribution in [3.05, 3.63) is 12.2 Å². The van der Waals surface area contributed by atoms with Gasteiger partial charge in [-0.1, -0.05) is 64.9 Å². The maximum Gasteiger partial charge on any atom is 0.310 e. The van der Waals surface area contributed by atoms with E-state index in [0.29, 0.717) is 23.7 Å². The molecule has 0 aromatic rings. The van der Waals surface area contributed by atoms with Gasteiger partial charge in [0.25, 0.3) is 0 Å². The van der Waals surface area contributed by atoms with Gasteiger partial charge in [0.15, 0.2) is 0 Å². The fraction of sp³-hybridized carbons (Fsp3) is 0.911. The van der Waals surface area contributed by atoms with Gasteiger partial charge in [-0.05, 0) is 174 Å². The molecule has 0 aliphatic heterocycles. The minimum Gasteiger partial charge on any atom is -0.459 e. The van der Waals surface area contributed by atoms with Gasteiger partial charge in [-0.3, -0.25) is 9.59 Å². The van der Waals surface area contributed by atoms with Gasteiger partial charge < -0.3 is 9.47 Å². The number of carbonyl (C=O) groups excluding carboxylic acids is 2. The Morgan fingerprint density at radius 2 is 1.24 bits per heavy atom. The summed E-state index contributed by atoms with van der Waals surface area (Å²) in [6.45, 7) is 5.00. The lowest BCUT2D eigenvalue weighted by Gasteiger charge is -2.44. The highest BCUT2D eigenvalue weighted by atomic mass is 16.6. The highest BCUT2D eigenvalue weighted by Gasteiger charge is 2.67. The molecule has 9 fully saturated rings. The van der Waals surface area contributed by atoms with Gasteiger partial charge in [-0.2, -0.15) is 0 Å². The quantitative estimate of drug-likeness (QED) is 0.160. The van der Waals surface area contributed by atoms with E-state index >= 15 is 0 Å². The van der Waals surface area contributed by atoms with Crippen molar-refractivity contribution in [2.24, 2.45) is 82.9 Å². The smallest absolute Gasteiger partial charge is 0.310 e. The molecule has 4 heteroatoms. The van der Waals surface area contributed by atoms with E-state index in [4.69, 9.17) is 9.47 Å². The molecule has 49 heavy (non-hydrogen) atoms. The lowest BCUT2D eigenvalue weighted by molar-refractivity contribution is -0.174. The van der Waals surface area contributed by atoms with Crippen LogP contribution in [0.15, 0.2) is 12.2 Å². The molecule has 6 bridgehead atoms. The second kappa shape index (κ2) is 13.3. The SMILES string of the molecule is CC1C(C)C2CC1C1C3CC(C(=O)OC4(C5CCCCC5)C=CCC4)C(C3)C21.O=C(OC1(C2CCCCC2)CCCC1)C1CC2CCC1C2. The van der Waals surface area contributed by atoms with Gasteiger partial charge in [0.1, 0.15) is 11.2 Å². The van der Waals surface area contributed by atoms with Crippen molar-refractivity contribution in [2.75, 3.05) is 0 Å². The third-order valence-corrected chi connectivity index (χ3v) is 18.0. The summed E-state index contributed by atoms with van der Waals surface area (Å²) in [6.07, 6.45) is 33.7. The van der Waals surface area contributed by atoms with Crippen LogP contribution >= 0.6 is 0 Å².